The molecule has 0 aliphatic carbocycles. The molecular formula is C51H34N4S. The van der Waals surface area contributed by atoms with E-state index in [0.29, 0.717) is 17.5 Å². The van der Waals surface area contributed by atoms with E-state index in [1.54, 1.807) is 0 Å². The van der Waals surface area contributed by atoms with Crippen LogP contribution in [0.1, 0.15) is 0 Å². The number of anilines is 3. The van der Waals surface area contributed by atoms with Gasteiger partial charge in [0.2, 0.25) is 0 Å². The number of hydrogen-bond acceptors (Lipinski definition) is 5. The average Bonchev–Trinajstić information content (AvgIpc) is 3.66. The van der Waals surface area contributed by atoms with Gasteiger partial charge in [0.05, 0.1) is 0 Å². The highest BCUT2D eigenvalue weighted by molar-refractivity contribution is 7.26. The number of aromatic nitrogens is 3. The smallest absolute Gasteiger partial charge is 0.164 e. The molecule has 0 aliphatic heterocycles. The van der Waals surface area contributed by atoms with Crippen molar-refractivity contribution < 1.29 is 0 Å². The van der Waals surface area contributed by atoms with Crippen molar-refractivity contribution in [2.24, 2.45) is 0 Å². The Labute approximate surface area is 329 Å². The highest BCUT2D eigenvalue weighted by Crippen LogP contribution is 2.44. The van der Waals surface area contributed by atoms with Crippen LogP contribution in [0.5, 0.6) is 0 Å². The van der Waals surface area contributed by atoms with Gasteiger partial charge in [-0.1, -0.05) is 164 Å². The zero-order chi connectivity index (χ0) is 37.3. The number of rotatable bonds is 8. The molecular weight excluding hydrogens is 701 g/mol. The third-order valence-electron chi connectivity index (χ3n) is 10.1. The Morgan fingerprint density at radius 3 is 1.36 bits per heavy atom. The summed E-state index contributed by atoms with van der Waals surface area (Å²) >= 11 is 1.84. The van der Waals surface area contributed by atoms with Crippen molar-refractivity contribution in [2.45, 2.75) is 0 Å². The fraction of sp³-hybridized carbons (Fsp3) is 0. The second kappa shape index (κ2) is 14.6. The van der Waals surface area contributed by atoms with E-state index in [0.717, 1.165) is 39.3 Å². The summed E-state index contributed by atoms with van der Waals surface area (Å²) in [5.41, 5.74) is 11.0. The Bertz CT molecular complexity index is 2870. The number of benzene rings is 8. The first-order chi connectivity index (χ1) is 27.7. The fourth-order valence-electron chi connectivity index (χ4n) is 7.39. The minimum atomic E-state index is 0.647. The molecule has 10 rings (SSSR count). The standard InChI is InChI=1S/C51H34N4S/c1-5-14-35(15-6-1)36-28-30-42(31-29-36)55(41-20-11-4-12-21-41)43-32-33-45-47(34-43)56-46-23-13-22-44(48(45)46)37-24-26-40(27-25-37)51-53-49(38-16-7-2-8-17-38)52-50(54-51)39-18-9-3-10-19-39/h1-34H. The molecule has 4 nitrogen and oxygen atoms in total. The molecule has 0 fully saturated rings. The SMILES string of the molecule is c1ccc(-c2ccc(N(c3ccccc3)c3ccc4c(c3)sc3cccc(-c5ccc(-c6nc(-c7ccccc7)nc(-c7ccccc7)n6)cc5)c34)cc2)cc1. The third-order valence-corrected chi connectivity index (χ3v) is 11.3. The van der Waals surface area contributed by atoms with Crippen LogP contribution < -0.4 is 4.90 Å². The van der Waals surface area contributed by atoms with Gasteiger partial charge in [0.25, 0.3) is 0 Å². The van der Waals surface area contributed by atoms with Crippen LogP contribution in [-0.4, -0.2) is 15.0 Å². The van der Waals surface area contributed by atoms with Crippen LogP contribution >= 0.6 is 11.3 Å². The number of fused-ring (bicyclic) bond motifs is 3. The highest BCUT2D eigenvalue weighted by Gasteiger charge is 2.17. The van der Waals surface area contributed by atoms with Gasteiger partial charge in [0, 0.05) is 53.9 Å². The van der Waals surface area contributed by atoms with E-state index in [4.69, 9.17) is 15.0 Å². The van der Waals surface area contributed by atoms with Gasteiger partial charge in [-0.2, -0.15) is 0 Å². The maximum Gasteiger partial charge on any atom is 0.164 e. The molecule has 2 heterocycles. The Balaban J connectivity index is 1.02. The molecule has 8 aromatic carbocycles. The van der Waals surface area contributed by atoms with E-state index >= 15 is 0 Å². The van der Waals surface area contributed by atoms with Crippen LogP contribution in [0.25, 0.3) is 76.6 Å². The second-order valence-corrected chi connectivity index (χ2v) is 14.7. The van der Waals surface area contributed by atoms with Gasteiger partial charge in [0.15, 0.2) is 17.5 Å². The van der Waals surface area contributed by atoms with E-state index < -0.39 is 0 Å². The van der Waals surface area contributed by atoms with Crippen LogP contribution in [0.3, 0.4) is 0 Å². The number of para-hydroxylation sites is 1. The van der Waals surface area contributed by atoms with Gasteiger partial charge in [-0.3, -0.25) is 0 Å². The normalized spacial score (nSPS) is 11.2. The zero-order valence-electron chi connectivity index (χ0n) is 30.3. The van der Waals surface area contributed by atoms with Crippen LogP contribution in [-0.2, 0) is 0 Å². The van der Waals surface area contributed by atoms with Crippen LogP contribution in [0.15, 0.2) is 206 Å². The number of hydrogen-bond donors (Lipinski definition) is 0. The van der Waals surface area contributed by atoms with Crippen molar-refractivity contribution in [3.63, 3.8) is 0 Å². The van der Waals surface area contributed by atoms with Crippen molar-refractivity contribution in [1.82, 2.24) is 15.0 Å². The van der Waals surface area contributed by atoms with Crippen molar-refractivity contribution >= 4 is 48.6 Å². The maximum absolute atomic E-state index is 4.94. The average molecular weight is 735 g/mol. The molecule has 0 unspecified atom stereocenters. The van der Waals surface area contributed by atoms with Crippen molar-refractivity contribution in [3.05, 3.63) is 206 Å². The third kappa shape index (κ3) is 6.40. The summed E-state index contributed by atoms with van der Waals surface area (Å²) in [6.07, 6.45) is 0. The molecule has 5 heteroatoms. The first-order valence-electron chi connectivity index (χ1n) is 18.7. The summed E-state index contributed by atoms with van der Waals surface area (Å²) in [6.45, 7) is 0. The van der Waals surface area contributed by atoms with Gasteiger partial charge in [-0.25, -0.2) is 15.0 Å². The first kappa shape index (κ1) is 33.4. The second-order valence-electron chi connectivity index (χ2n) is 13.7. The summed E-state index contributed by atoms with van der Waals surface area (Å²) in [5.74, 6) is 1.96. The lowest BCUT2D eigenvalue weighted by atomic mass is 9.98. The summed E-state index contributed by atoms with van der Waals surface area (Å²) in [5, 5.41) is 2.52. The molecule has 0 radical (unpaired) electrons. The summed E-state index contributed by atoms with van der Waals surface area (Å²) < 4.78 is 2.50. The van der Waals surface area contributed by atoms with Gasteiger partial charge >= 0.3 is 0 Å². The largest absolute Gasteiger partial charge is 0.310 e. The maximum atomic E-state index is 4.94. The molecule has 0 saturated heterocycles. The molecule has 10 aromatic rings. The van der Waals surface area contributed by atoms with Gasteiger partial charge < -0.3 is 4.90 Å². The van der Waals surface area contributed by atoms with Gasteiger partial charge in [-0.05, 0) is 64.7 Å². The first-order valence-corrected chi connectivity index (χ1v) is 19.5. The van der Waals surface area contributed by atoms with E-state index in [1.807, 2.05) is 72.0 Å². The minimum Gasteiger partial charge on any atom is -0.310 e. The molecule has 2 aromatic heterocycles. The lowest BCUT2D eigenvalue weighted by Crippen LogP contribution is -2.09. The highest BCUT2D eigenvalue weighted by atomic mass is 32.1. The van der Waals surface area contributed by atoms with Crippen LogP contribution in [0.4, 0.5) is 17.1 Å². The monoisotopic (exact) mass is 734 g/mol. The predicted molar refractivity (Wildman–Crippen MR) is 235 cm³/mol. The molecule has 0 saturated carbocycles. The van der Waals surface area contributed by atoms with Crippen LogP contribution in [0.2, 0.25) is 0 Å². The zero-order valence-corrected chi connectivity index (χ0v) is 31.1. The van der Waals surface area contributed by atoms with Gasteiger partial charge in [0.1, 0.15) is 0 Å². The topological polar surface area (TPSA) is 41.9 Å². The predicted octanol–water partition coefficient (Wildman–Crippen LogP) is 14.0. The van der Waals surface area contributed by atoms with E-state index in [9.17, 15) is 0 Å². The molecule has 0 amide bonds. The Morgan fingerprint density at radius 1 is 0.321 bits per heavy atom. The molecule has 0 bridgehead atoms. The number of nitrogens with zero attached hydrogens (tertiary/aromatic N) is 4. The van der Waals surface area contributed by atoms with E-state index in [-0.39, 0.29) is 0 Å². The molecule has 0 aliphatic rings. The quantitative estimate of drug-likeness (QED) is 0.156. The molecule has 0 spiro atoms. The summed E-state index contributed by atoms with van der Waals surface area (Å²) in [4.78, 5) is 17.1. The lowest BCUT2D eigenvalue weighted by Gasteiger charge is -2.25. The fourth-order valence-corrected chi connectivity index (χ4v) is 8.55. The minimum absolute atomic E-state index is 0.647. The summed E-state index contributed by atoms with van der Waals surface area (Å²) in [7, 11) is 0. The number of thiophene rings is 1. The molecule has 0 N–H and O–H groups in total. The molecule has 0 atom stereocenters. The van der Waals surface area contributed by atoms with Crippen molar-refractivity contribution in [2.75, 3.05) is 4.90 Å². The van der Waals surface area contributed by atoms with E-state index in [2.05, 4.69) is 150 Å². The van der Waals surface area contributed by atoms with Gasteiger partial charge in [-0.15, -0.1) is 11.3 Å². The Kier molecular flexibility index (Phi) is 8.67. The molecule has 264 valence electrons. The van der Waals surface area contributed by atoms with Crippen molar-refractivity contribution in [3.8, 4) is 56.4 Å². The summed E-state index contributed by atoms with van der Waals surface area (Å²) in [6, 6.07) is 72.3. The lowest BCUT2D eigenvalue weighted by molar-refractivity contribution is 1.07. The Hall–Kier alpha value is -7.21. The Morgan fingerprint density at radius 2 is 0.768 bits per heavy atom. The van der Waals surface area contributed by atoms with Crippen LogP contribution in [0, 0.1) is 0 Å². The molecule has 56 heavy (non-hydrogen) atoms. The van der Waals surface area contributed by atoms with E-state index in [1.165, 1.54) is 36.9 Å². The van der Waals surface area contributed by atoms with Crippen molar-refractivity contribution in [1.29, 1.82) is 0 Å².